The molecule has 0 amide bonds. The SMILES string of the molecule is CC/C=C\C/C=C\C/C=C\C/C=C\C/C=C\C/C=C\C/C=C\C/C=C\C/C=C\C/C=C\CCCCCCC(=O)OCC(COC(=O)CCCCCCCC)OC(=O)CCCCCCCCCCC/C=C\C/C=C\CCCCC. The minimum Gasteiger partial charge on any atom is -0.462 e. The van der Waals surface area contributed by atoms with Gasteiger partial charge in [-0.1, -0.05) is 269 Å². The molecular weight excluding hydrogens is 961 g/mol. The van der Waals surface area contributed by atoms with E-state index in [0.29, 0.717) is 19.3 Å². The van der Waals surface area contributed by atoms with E-state index < -0.39 is 6.10 Å². The van der Waals surface area contributed by atoms with Crippen molar-refractivity contribution in [3.05, 3.63) is 146 Å². The number of unbranched alkanes of at least 4 members (excludes halogenated alkanes) is 21. The predicted molar refractivity (Wildman–Crippen MR) is 339 cm³/mol. The van der Waals surface area contributed by atoms with Gasteiger partial charge >= 0.3 is 17.9 Å². The lowest BCUT2D eigenvalue weighted by molar-refractivity contribution is -0.167. The van der Waals surface area contributed by atoms with Crippen LogP contribution in [-0.4, -0.2) is 37.2 Å². The van der Waals surface area contributed by atoms with E-state index in [9.17, 15) is 14.4 Å². The molecule has 0 radical (unpaired) electrons. The molecule has 0 fully saturated rings. The third-order valence-corrected chi connectivity index (χ3v) is 13.1. The van der Waals surface area contributed by atoms with Gasteiger partial charge in [-0.2, -0.15) is 0 Å². The van der Waals surface area contributed by atoms with Crippen molar-refractivity contribution >= 4 is 17.9 Å². The van der Waals surface area contributed by atoms with Gasteiger partial charge in [0.2, 0.25) is 0 Å². The van der Waals surface area contributed by atoms with Crippen LogP contribution in [0.15, 0.2) is 146 Å². The molecule has 1 unspecified atom stereocenters. The van der Waals surface area contributed by atoms with Crippen LogP contribution in [0.5, 0.6) is 0 Å². The summed E-state index contributed by atoms with van der Waals surface area (Å²) < 4.78 is 16.8. The molecule has 6 nitrogen and oxygen atoms in total. The zero-order valence-corrected chi connectivity index (χ0v) is 50.4. The van der Waals surface area contributed by atoms with E-state index in [0.717, 1.165) is 141 Å². The standard InChI is InChI=1S/C72H116O6/c1-4-7-10-13-16-18-20-22-24-26-28-29-30-31-32-33-34-35-36-37-38-39-40-41-42-43-45-46-48-50-52-54-56-59-62-65-71(74)77-68-69(67-76-70(73)64-61-58-15-12-9-6-3)78-72(75)66-63-60-57-55-53-51-49-47-44-27-25-23-21-19-17-14-11-8-5-2/h7,10,16-19,22-25,28-29,31-32,34-35,37-38,40-41,43,45,48,50,69H,4-6,8-9,11-15,20-21,26-27,30,33,36,39,42,44,46-47,49,51-68H2,1-3H3/b10-7-,18-16-,19-17-,24-22-,25-23-,29-28-,32-31-,35-34-,38-37-,41-40-,45-43-,50-48-. The van der Waals surface area contributed by atoms with Crippen LogP contribution in [-0.2, 0) is 28.6 Å². The van der Waals surface area contributed by atoms with Gasteiger partial charge in [-0.3, -0.25) is 14.4 Å². The topological polar surface area (TPSA) is 78.9 Å². The molecular formula is C72H116O6. The minimum absolute atomic E-state index is 0.0913. The van der Waals surface area contributed by atoms with Crippen LogP contribution < -0.4 is 0 Å². The maximum Gasteiger partial charge on any atom is 0.306 e. The van der Waals surface area contributed by atoms with Crippen LogP contribution in [0.3, 0.4) is 0 Å². The number of hydrogen-bond donors (Lipinski definition) is 0. The van der Waals surface area contributed by atoms with Crippen molar-refractivity contribution in [3.63, 3.8) is 0 Å². The van der Waals surface area contributed by atoms with Crippen molar-refractivity contribution in [2.24, 2.45) is 0 Å². The molecule has 6 heteroatoms. The van der Waals surface area contributed by atoms with Crippen molar-refractivity contribution in [3.8, 4) is 0 Å². The quantitative estimate of drug-likeness (QED) is 0.0261. The van der Waals surface area contributed by atoms with Crippen molar-refractivity contribution < 1.29 is 28.6 Å². The molecule has 0 aromatic rings. The normalized spacial score (nSPS) is 13.1. The molecule has 0 rings (SSSR count). The summed E-state index contributed by atoms with van der Waals surface area (Å²) in [5.41, 5.74) is 0. The summed E-state index contributed by atoms with van der Waals surface area (Å²) in [6.45, 7) is 6.41. The Kier molecular flexibility index (Phi) is 60.9. The fraction of sp³-hybridized carbons (Fsp3) is 0.625. The molecule has 1 atom stereocenters. The van der Waals surface area contributed by atoms with Crippen molar-refractivity contribution in [2.75, 3.05) is 13.2 Å². The monoisotopic (exact) mass is 1080 g/mol. The highest BCUT2D eigenvalue weighted by molar-refractivity contribution is 5.71. The van der Waals surface area contributed by atoms with Gasteiger partial charge in [0.1, 0.15) is 13.2 Å². The first kappa shape index (κ1) is 73.3. The largest absolute Gasteiger partial charge is 0.462 e. The molecule has 0 N–H and O–H groups in total. The molecule has 0 aromatic heterocycles. The molecule has 0 aliphatic rings. The number of allylic oxidation sites excluding steroid dienone is 24. The van der Waals surface area contributed by atoms with Crippen LogP contribution in [0, 0.1) is 0 Å². The minimum atomic E-state index is -0.793. The average Bonchev–Trinajstić information content (AvgIpc) is 3.44. The van der Waals surface area contributed by atoms with Gasteiger partial charge in [0.25, 0.3) is 0 Å². The summed E-state index contributed by atoms with van der Waals surface area (Å²) in [5, 5.41) is 0. The third kappa shape index (κ3) is 62.1. The first-order valence-electron chi connectivity index (χ1n) is 31.8. The van der Waals surface area contributed by atoms with Crippen LogP contribution in [0.2, 0.25) is 0 Å². The Morgan fingerprint density at radius 2 is 0.500 bits per heavy atom. The second-order valence-electron chi connectivity index (χ2n) is 20.6. The Morgan fingerprint density at radius 1 is 0.269 bits per heavy atom. The van der Waals surface area contributed by atoms with Crippen LogP contribution in [0.1, 0.15) is 271 Å². The highest BCUT2D eigenvalue weighted by Crippen LogP contribution is 2.14. The van der Waals surface area contributed by atoms with Crippen LogP contribution in [0.25, 0.3) is 0 Å². The number of ether oxygens (including phenoxy) is 3. The highest BCUT2D eigenvalue weighted by atomic mass is 16.6. The molecule has 0 heterocycles. The molecule has 0 aliphatic heterocycles. The van der Waals surface area contributed by atoms with Gasteiger partial charge in [0.15, 0.2) is 6.10 Å². The van der Waals surface area contributed by atoms with Gasteiger partial charge < -0.3 is 14.2 Å². The summed E-state index contributed by atoms with van der Waals surface area (Å²) in [5.74, 6) is -0.934. The van der Waals surface area contributed by atoms with Crippen molar-refractivity contribution in [1.29, 1.82) is 0 Å². The molecule has 0 aromatic carbocycles. The summed E-state index contributed by atoms with van der Waals surface area (Å²) in [7, 11) is 0. The summed E-state index contributed by atoms with van der Waals surface area (Å²) in [6.07, 6.45) is 93.1. The first-order chi connectivity index (χ1) is 38.5. The van der Waals surface area contributed by atoms with Gasteiger partial charge in [-0.15, -0.1) is 0 Å². The highest BCUT2D eigenvalue weighted by Gasteiger charge is 2.19. The fourth-order valence-electron chi connectivity index (χ4n) is 8.32. The Bertz CT molecular complexity index is 1710. The van der Waals surface area contributed by atoms with E-state index in [1.165, 1.54) is 89.9 Å². The van der Waals surface area contributed by atoms with E-state index in [1.807, 2.05) is 0 Å². The number of rotatable bonds is 56. The van der Waals surface area contributed by atoms with Gasteiger partial charge in [-0.05, 0) is 128 Å². The maximum absolute atomic E-state index is 12.8. The second kappa shape index (κ2) is 64.8. The summed E-state index contributed by atoms with van der Waals surface area (Å²) in [4.78, 5) is 38.0. The molecule has 78 heavy (non-hydrogen) atoms. The second-order valence-corrected chi connectivity index (χ2v) is 20.6. The number of carbonyl (C=O) groups excluding carboxylic acids is 3. The Labute approximate surface area is 480 Å². The molecule has 440 valence electrons. The Balaban J connectivity index is 4.18. The zero-order chi connectivity index (χ0) is 56.4. The molecule has 0 saturated carbocycles. The fourth-order valence-corrected chi connectivity index (χ4v) is 8.32. The van der Waals surface area contributed by atoms with E-state index >= 15 is 0 Å². The number of hydrogen-bond acceptors (Lipinski definition) is 6. The first-order valence-corrected chi connectivity index (χ1v) is 31.8. The Hall–Kier alpha value is -4.71. The van der Waals surface area contributed by atoms with E-state index in [1.54, 1.807) is 0 Å². The van der Waals surface area contributed by atoms with Crippen molar-refractivity contribution in [2.45, 2.75) is 277 Å². The smallest absolute Gasteiger partial charge is 0.306 e. The third-order valence-electron chi connectivity index (χ3n) is 13.1. The average molecular weight is 1080 g/mol. The zero-order valence-electron chi connectivity index (χ0n) is 50.4. The molecule has 0 saturated heterocycles. The summed E-state index contributed by atoms with van der Waals surface area (Å²) in [6, 6.07) is 0. The molecule has 0 bridgehead atoms. The lowest BCUT2D eigenvalue weighted by Crippen LogP contribution is -2.30. The lowest BCUT2D eigenvalue weighted by atomic mass is 10.1. The van der Waals surface area contributed by atoms with Crippen LogP contribution >= 0.6 is 0 Å². The Morgan fingerprint density at radius 3 is 0.808 bits per heavy atom. The molecule has 0 aliphatic carbocycles. The number of esters is 3. The van der Waals surface area contributed by atoms with Gasteiger partial charge in [0.05, 0.1) is 0 Å². The predicted octanol–water partition coefficient (Wildman–Crippen LogP) is 21.9. The summed E-state index contributed by atoms with van der Waals surface area (Å²) >= 11 is 0. The van der Waals surface area contributed by atoms with Crippen molar-refractivity contribution in [1.82, 2.24) is 0 Å². The van der Waals surface area contributed by atoms with Crippen LogP contribution in [0.4, 0.5) is 0 Å². The van der Waals surface area contributed by atoms with Gasteiger partial charge in [-0.25, -0.2) is 0 Å². The number of carbonyl (C=O) groups is 3. The van der Waals surface area contributed by atoms with Gasteiger partial charge in [0, 0.05) is 19.3 Å². The van der Waals surface area contributed by atoms with E-state index in [-0.39, 0.29) is 31.1 Å². The van der Waals surface area contributed by atoms with E-state index in [2.05, 4.69) is 167 Å². The molecule has 0 spiro atoms. The lowest BCUT2D eigenvalue weighted by Gasteiger charge is -2.18. The maximum atomic E-state index is 12.8. The van der Waals surface area contributed by atoms with E-state index in [4.69, 9.17) is 14.2 Å².